The van der Waals surface area contributed by atoms with Crippen LogP contribution in [0.15, 0.2) is 42.6 Å². The Bertz CT molecular complexity index is 887. The summed E-state index contributed by atoms with van der Waals surface area (Å²) >= 11 is 0. The number of rotatable bonds is 7. The van der Waals surface area contributed by atoms with Crippen LogP contribution in [0.25, 0.3) is 0 Å². The normalized spacial score (nSPS) is 17.0. The van der Waals surface area contributed by atoms with Gasteiger partial charge in [-0.15, -0.1) is 0 Å². The third-order valence-electron chi connectivity index (χ3n) is 5.92. The minimum absolute atomic E-state index is 0.0942. The van der Waals surface area contributed by atoms with Crippen molar-refractivity contribution >= 4 is 23.4 Å². The van der Waals surface area contributed by atoms with Gasteiger partial charge in [-0.1, -0.05) is 18.2 Å². The van der Waals surface area contributed by atoms with Gasteiger partial charge in [-0.2, -0.15) is 0 Å². The van der Waals surface area contributed by atoms with Gasteiger partial charge in [0.1, 0.15) is 5.82 Å². The van der Waals surface area contributed by atoms with E-state index in [-0.39, 0.29) is 23.9 Å². The third-order valence-corrected chi connectivity index (χ3v) is 5.92. The number of hydrogen-bond acceptors (Lipinski definition) is 4. The van der Waals surface area contributed by atoms with E-state index in [4.69, 9.17) is 0 Å². The molecule has 1 aliphatic heterocycles. The SMILES string of the molecule is CC(NC(=O)NCc1ccc(N2CCCCC2)nc1)c1ccc(NC(=O)C2CC2)cc1. The Morgan fingerprint density at radius 3 is 2.45 bits per heavy atom. The zero-order valence-corrected chi connectivity index (χ0v) is 18.1. The number of piperidine rings is 1. The zero-order valence-electron chi connectivity index (χ0n) is 18.1. The Morgan fingerprint density at radius 2 is 1.81 bits per heavy atom. The molecule has 1 aliphatic carbocycles. The molecule has 1 aromatic carbocycles. The summed E-state index contributed by atoms with van der Waals surface area (Å²) in [5.41, 5.74) is 2.74. The first-order chi connectivity index (χ1) is 15.1. The lowest BCUT2D eigenvalue weighted by Crippen LogP contribution is -2.36. The first-order valence-electron chi connectivity index (χ1n) is 11.2. The molecule has 2 aromatic rings. The molecule has 1 aromatic heterocycles. The molecule has 0 radical (unpaired) electrons. The maximum absolute atomic E-state index is 12.3. The summed E-state index contributed by atoms with van der Waals surface area (Å²) in [6.45, 7) is 4.50. The molecule has 164 valence electrons. The van der Waals surface area contributed by atoms with Gasteiger partial charge in [-0.05, 0) is 68.4 Å². The molecule has 2 heterocycles. The Morgan fingerprint density at radius 1 is 1.06 bits per heavy atom. The van der Waals surface area contributed by atoms with Crippen LogP contribution in [0.4, 0.5) is 16.3 Å². The van der Waals surface area contributed by atoms with Gasteiger partial charge in [0.2, 0.25) is 5.91 Å². The van der Waals surface area contributed by atoms with Crippen LogP contribution in [-0.4, -0.2) is 30.0 Å². The monoisotopic (exact) mass is 421 g/mol. The molecule has 1 atom stereocenters. The van der Waals surface area contributed by atoms with Crippen LogP contribution in [0.2, 0.25) is 0 Å². The molecular formula is C24H31N5O2. The maximum atomic E-state index is 12.3. The molecule has 2 fully saturated rings. The predicted molar refractivity (Wildman–Crippen MR) is 122 cm³/mol. The van der Waals surface area contributed by atoms with Gasteiger partial charge in [0.15, 0.2) is 0 Å². The molecule has 0 bridgehead atoms. The summed E-state index contributed by atoms with van der Waals surface area (Å²) in [6, 6.07) is 11.3. The number of hydrogen-bond donors (Lipinski definition) is 3. The van der Waals surface area contributed by atoms with Crippen molar-refractivity contribution in [1.82, 2.24) is 15.6 Å². The summed E-state index contributed by atoms with van der Waals surface area (Å²) in [7, 11) is 0. The van der Waals surface area contributed by atoms with Crippen LogP contribution in [0.1, 0.15) is 56.2 Å². The summed E-state index contributed by atoms with van der Waals surface area (Å²) in [6.07, 6.45) is 7.55. The van der Waals surface area contributed by atoms with Crippen molar-refractivity contribution in [2.75, 3.05) is 23.3 Å². The third kappa shape index (κ3) is 5.96. The summed E-state index contributed by atoms with van der Waals surface area (Å²) in [5.74, 6) is 1.29. The minimum atomic E-state index is -0.223. The van der Waals surface area contributed by atoms with Crippen LogP contribution in [0, 0.1) is 5.92 Å². The number of aromatic nitrogens is 1. The molecular weight excluding hydrogens is 390 g/mol. The Balaban J connectivity index is 1.22. The van der Waals surface area contributed by atoms with Gasteiger partial charge >= 0.3 is 6.03 Å². The van der Waals surface area contributed by atoms with E-state index in [0.29, 0.717) is 6.54 Å². The molecule has 1 saturated heterocycles. The highest BCUT2D eigenvalue weighted by atomic mass is 16.2. The largest absolute Gasteiger partial charge is 0.357 e. The first-order valence-corrected chi connectivity index (χ1v) is 11.2. The van der Waals surface area contributed by atoms with Crippen LogP contribution in [0.5, 0.6) is 0 Å². The maximum Gasteiger partial charge on any atom is 0.315 e. The van der Waals surface area contributed by atoms with E-state index >= 15 is 0 Å². The Hall–Kier alpha value is -3.09. The highest BCUT2D eigenvalue weighted by molar-refractivity contribution is 5.94. The second-order valence-corrected chi connectivity index (χ2v) is 8.51. The lowest BCUT2D eigenvalue weighted by atomic mass is 10.1. The molecule has 3 amide bonds. The van der Waals surface area contributed by atoms with E-state index < -0.39 is 0 Å². The number of nitrogens with zero attached hydrogens (tertiary/aromatic N) is 2. The van der Waals surface area contributed by atoms with Gasteiger partial charge < -0.3 is 20.9 Å². The molecule has 4 rings (SSSR count). The molecule has 0 spiro atoms. The number of benzene rings is 1. The smallest absolute Gasteiger partial charge is 0.315 e. The highest BCUT2D eigenvalue weighted by Crippen LogP contribution is 2.30. The van der Waals surface area contributed by atoms with Crippen LogP contribution in [-0.2, 0) is 11.3 Å². The standard InChI is InChI=1S/C24H31N5O2/c1-17(19-8-10-21(11-9-19)28-23(30)20-6-7-20)27-24(31)26-16-18-5-12-22(25-15-18)29-13-3-2-4-14-29/h5,8-12,15,17,20H,2-4,6-7,13-14,16H2,1H3,(H,28,30)(H2,26,27,31). The van der Waals surface area contributed by atoms with Crippen molar-refractivity contribution in [1.29, 1.82) is 0 Å². The fourth-order valence-electron chi connectivity index (χ4n) is 3.79. The highest BCUT2D eigenvalue weighted by Gasteiger charge is 2.29. The zero-order chi connectivity index (χ0) is 21.6. The first kappa shape index (κ1) is 21.2. The molecule has 31 heavy (non-hydrogen) atoms. The van der Waals surface area contributed by atoms with E-state index in [2.05, 4.69) is 25.8 Å². The van der Waals surface area contributed by atoms with Crippen molar-refractivity contribution in [2.24, 2.45) is 5.92 Å². The van der Waals surface area contributed by atoms with Crippen LogP contribution < -0.4 is 20.9 Å². The summed E-state index contributed by atoms with van der Waals surface area (Å²) < 4.78 is 0. The molecule has 1 unspecified atom stereocenters. The molecule has 2 aliphatic rings. The Kier molecular flexibility index (Phi) is 6.70. The van der Waals surface area contributed by atoms with Crippen molar-refractivity contribution in [3.8, 4) is 0 Å². The second kappa shape index (κ2) is 9.81. The van der Waals surface area contributed by atoms with E-state index in [1.54, 1.807) is 0 Å². The number of carbonyl (C=O) groups excluding carboxylic acids is 2. The van der Waals surface area contributed by atoms with Gasteiger partial charge in [0.05, 0.1) is 6.04 Å². The topological polar surface area (TPSA) is 86.4 Å². The van der Waals surface area contributed by atoms with Crippen LogP contribution >= 0.6 is 0 Å². The number of urea groups is 1. The van der Waals surface area contributed by atoms with Gasteiger partial charge in [-0.3, -0.25) is 4.79 Å². The van der Waals surface area contributed by atoms with E-state index in [0.717, 1.165) is 48.6 Å². The number of anilines is 2. The van der Waals surface area contributed by atoms with E-state index in [1.807, 2.05) is 49.5 Å². The van der Waals surface area contributed by atoms with Gasteiger partial charge in [0, 0.05) is 37.4 Å². The average molecular weight is 422 g/mol. The number of nitrogens with one attached hydrogen (secondary N) is 3. The average Bonchev–Trinajstić information content (AvgIpc) is 3.65. The summed E-state index contributed by atoms with van der Waals surface area (Å²) in [5, 5.41) is 8.77. The molecule has 3 N–H and O–H groups in total. The Labute approximate surface area is 183 Å². The number of amides is 3. The lowest BCUT2D eigenvalue weighted by molar-refractivity contribution is -0.117. The van der Waals surface area contributed by atoms with Crippen LogP contribution in [0.3, 0.4) is 0 Å². The summed E-state index contributed by atoms with van der Waals surface area (Å²) in [4.78, 5) is 31.0. The fraction of sp³-hybridized carbons (Fsp3) is 0.458. The minimum Gasteiger partial charge on any atom is -0.357 e. The van der Waals surface area contributed by atoms with E-state index in [1.165, 1.54) is 19.3 Å². The quantitative estimate of drug-likeness (QED) is 0.631. The van der Waals surface area contributed by atoms with Crippen molar-refractivity contribution in [3.05, 3.63) is 53.7 Å². The van der Waals surface area contributed by atoms with Crippen molar-refractivity contribution in [3.63, 3.8) is 0 Å². The molecule has 7 nitrogen and oxygen atoms in total. The van der Waals surface area contributed by atoms with E-state index in [9.17, 15) is 9.59 Å². The van der Waals surface area contributed by atoms with Gasteiger partial charge in [0.25, 0.3) is 0 Å². The van der Waals surface area contributed by atoms with Gasteiger partial charge in [-0.25, -0.2) is 9.78 Å². The van der Waals surface area contributed by atoms with Crippen molar-refractivity contribution < 1.29 is 9.59 Å². The lowest BCUT2D eigenvalue weighted by Gasteiger charge is -2.27. The predicted octanol–water partition coefficient (Wildman–Crippen LogP) is 3.98. The number of pyridine rings is 1. The second-order valence-electron chi connectivity index (χ2n) is 8.51. The number of carbonyl (C=O) groups is 2. The van der Waals surface area contributed by atoms with Crippen molar-refractivity contribution in [2.45, 2.75) is 51.6 Å². The molecule has 7 heteroatoms. The molecule has 1 saturated carbocycles. The fourth-order valence-corrected chi connectivity index (χ4v) is 3.79.